The van der Waals surface area contributed by atoms with E-state index in [-0.39, 0.29) is 6.03 Å². The third-order valence-electron chi connectivity index (χ3n) is 4.99. The Kier molecular flexibility index (Phi) is 5.84. The summed E-state index contributed by atoms with van der Waals surface area (Å²) in [5.41, 5.74) is 1.38. The number of carbonyl (C=O) groups excluding carboxylic acids is 1. The molecule has 2 saturated heterocycles. The van der Waals surface area contributed by atoms with E-state index in [4.69, 9.17) is 0 Å². The smallest absolute Gasteiger partial charge is 0.317 e. The lowest BCUT2D eigenvalue weighted by Crippen LogP contribution is -2.51. The van der Waals surface area contributed by atoms with Crippen molar-refractivity contribution in [2.45, 2.75) is 31.8 Å². The Hall–Kier alpha value is -1.20. The SMILES string of the molecule is CC(c1ccccc1)N1CCC(NC(=O)N2CCSCC2)CC1. The van der Waals surface area contributed by atoms with Crippen LogP contribution in [0.1, 0.15) is 31.4 Å². The van der Waals surface area contributed by atoms with Crippen LogP contribution < -0.4 is 5.32 Å². The molecule has 3 rings (SSSR count). The summed E-state index contributed by atoms with van der Waals surface area (Å²) in [6.07, 6.45) is 2.09. The second-order valence-corrected chi connectivity index (χ2v) is 7.67. The number of rotatable bonds is 3. The van der Waals surface area contributed by atoms with Gasteiger partial charge in [0.15, 0.2) is 0 Å². The Labute approximate surface area is 143 Å². The van der Waals surface area contributed by atoms with E-state index in [0.717, 1.165) is 50.5 Å². The number of thioether (sulfide) groups is 1. The molecular weight excluding hydrogens is 306 g/mol. The Morgan fingerprint density at radius 2 is 1.78 bits per heavy atom. The predicted molar refractivity (Wildman–Crippen MR) is 96.9 cm³/mol. The van der Waals surface area contributed by atoms with Crippen LogP contribution in [-0.2, 0) is 0 Å². The Balaban J connectivity index is 1.45. The van der Waals surface area contributed by atoms with Gasteiger partial charge in [-0.15, -0.1) is 0 Å². The second-order valence-electron chi connectivity index (χ2n) is 6.45. The van der Waals surface area contributed by atoms with Gasteiger partial charge in [-0.05, 0) is 25.3 Å². The van der Waals surface area contributed by atoms with Crippen molar-refractivity contribution in [3.63, 3.8) is 0 Å². The summed E-state index contributed by atoms with van der Waals surface area (Å²) in [5, 5.41) is 3.24. The summed E-state index contributed by atoms with van der Waals surface area (Å²) in [7, 11) is 0. The summed E-state index contributed by atoms with van der Waals surface area (Å²) in [4.78, 5) is 16.8. The molecule has 5 heteroatoms. The quantitative estimate of drug-likeness (QED) is 0.924. The van der Waals surface area contributed by atoms with Crippen LogP contribution in [0.4, 0.5) is 4.79 Å². The average Bonchev–Trinajstić information content (AvgIpc) is 2.63. The number of nitrogens with zero attached hydrogens (tertiary/aromatic N) is 2. The zero-order chi connectivity index (χ0) is 16.1. The minimum Gasteiger partial charge on any atom is -0.335 e. The summed E-state index contributed by atoms with van der Waals surface area (Å²) in [6, 6.07) is 11.6. The Morgan fingerprint density at radius 3 is 2.43 bits per heavy atom. The summed E-state index contributed by atoms with van der Waals surface area (Å²) >= 11 is 1.94. The number of hydrogen-bond acceptors (Lipinski definition) is 3. The van der Waals surface area contributed by atoms with Gasteiger partial charge in [0.05, 0.1) is 0 Å². The fourth-order valence-electron chi connectivity index (χ4n) is 3.41. The summed E-state index contributed by atoms with van der Waals surface area (Å²) < 4.78 is 0. The molecule has 1 unspecified atom stereocenters. The van der Waals surface area contributed by atoms with E-state index in [9.17, 15) is 4.79 Å². The molecule has 0 aliphatic carbocycles. The maximum atomic E-state index is 12.3. The van der Waals surface area contributed by atoms with Crippen LogP contribution in [0.2, 0.25) is 0 Å². The van der Waals surface area contributed by atoms with Crippen LogP contribution >= 0.6 is 11.8 Å². The van der Waals surface area contributed by atoms with Crippen molar-refractivity contribution in [3.8, 4) is 0 Å². The van der Waals surface area contributed by atoms with E-state index in [0.29, 0.717) is 12.1 Å². The molecule has 0 aromatic heterocycles. The zero-order valence-corrected chi connectivity index (χ0v) is 14.7. The van der Waals surface area contributed by atoms with Crippen molar-refractivity contribution in [1.82, 2.24) is 15.1 Å². The number of urea groups is 1. The van der Waals surface area contributed by atoms with Crippen molar-refractivity contribution in [2.75, 3.05) is 37.7 Å². The molecule has 0 spiro atoms. The standard InChI is InChI=1S/C18H27N3OS/c1-15(16-5-3-2-4-6-16)20-9-7-17(8-10-20)19-18(22)21-11-13-23-14-12-21/h2-6,15,17H,7-14H2,1H3,(H,19,22). The van der Waals surface area contributed by atoms with Gasteiger partial charge in [0, 0.05) is 49.8 Å². The van der Waals surface area contributed by atoms with Crippen molar-refractivity contribution in [2.24, 2.45) is 0 Å². The molecule has 0 saturated carbocycles. The van der Waals surface area contributed by atoms with Gasteiger partial charge in [0.1, 0.15) is 0 Å². The zero-order valence-electron chi connectivity index (χ0n) is 13.9. The van der Waals surface area contributed by atoms with Crippen LogP contribution in [0.5, 0.6) is 0 Å². The molecular formula is C18H27N3OS. The molecule has 2 aliphatic rings. The highest BCUT2D eigenvalue weighted by atomic mass is 32.2. The number of nitrogens with one attached hydrogen (secondary N) is 1. The van der Waals surface area contributed by atoms with E-state index >= 15 is 0 Å². The van der Waals surface area contributed by atoms with Crippen molar-refractivity contribution in [3.05, 3.63) is 35.9 Å². The highest BCUT2D eigenvalue weighted by Crippen LogP contribution is 2.24. The van der Waals surface area contributed by atoms with Crippen LogP contribution in [-0.4, -0.2) is 59.6 Å². The monoisotopic (exact) mass is 333 g/mol. The first-order valence-electron chi connectivity index (χ1n) is 8.66. The molecule has 2 heterocycles. The first kappa shape index (κ1) is 16.7. The van der Waals surface area contributed by atoms with Gasteiger partial charge in [0.2, 0.25) is 0 Å². The van der Waals surface area contributed by atoms with Gasteiger partial charge >= 0.3 is 6.03 Å². The largest absolute Gasteiger partial charge is 0.335 e. The number of likely N-dealkylation sites (tertiary alicyclic amines) is 1. The van der Waals surface area contributed by atoms with E-state index in [1.165, 1.54) is 5.56 Å². The molecule has 126 valence electrons. The number of piperidine rings is 1. The Morgan fingerprint density at radius 1 is 1.13 bits per heavy atom. The van der Waals surface area contributed by atoms with Crippen LogP contribution in [0.25, 0.3) is 0 Å². The number of amides is 2. The van der Waals surface area contributed by atoms with E-state index < -0.39 is 0 Å². The lowest BCUT2D eigenvalue weighted by atomic mass is 10.0. The van der Waals surface area contributed by atoms with Crippen molar-refractivity contribution >= 4 is 17.8 Å². The van der Waals surface area contributed by atoms with Crippen molar-refractivity contribution in [1.29, 1.82) is 0 Å². The first-order chi connectivity index (χ1) is 11.2. The van der Waals surface area contributed by atoms with Crippen LogP contribution in [0, 0.1) is 0 Å². The van der Waals surface area contributed by atoms with E-state index in [1.54, 1.807) is 0 Å². The second kappa shape index (κ2) is 8.06. The van der Waals surface area contributed by atoms with E-state index in [2.05, 4.69) is 47.5 Å². The van der Waals surface area contributed by atoms with E-state index in [1.807, 2.05) is 16.7 Å². The van der Waals surface area contributed by atoms with Gasteiger partial charge in [-0.3, -0.25) is 4.90 Å². The van der Waals surface area contributed by atoms with Gasteiger partial charge < -0.3 is 10.2 Å². The normalized spacial score (nSPS) is 21.9. The molecule has 0 bridgehead atoms. The fraction of sp³-hybridized carbons (Fsp3) is 0.611. The third kappa shape index (κ3) is 4.42. The first-order valence-corrected chi connectivity index (χ1v) is 9.81. The molecule has 2 amide bonds. The summed E-state index contributed by atoms with van der Waals surface area (Å²) in [6.45, 7) is 6.16. The maximum Gasteiger partial charge on any atom is 0.317 e. The fourth-order valence-corrected chi connectivity index (χ4v) is 4.31. The minimum atomic E-state index is 0.139. The highest BCUT2D eigenvalue weighted by molar-refractivity contribution is 7.99. The minimum absolute atomic E-state index is 0.139. The lowest BCUT2D eigenvalue weighted by Gasteiger charge is -2.37. The number of benzene rings is 1. The molecule has 2 fully saturated rings. The summed E-state index contributed by atoms with van der Waals surface area (Å²) in [5.74, 6) is 2.14. The molecule has 0 radical (unpaired) electrons. The average molecular weight is 334 g/mol. The Bertz CT molecular complexity index is 496. The topological polar surface area (TPSA) is 35.6 Å². The van der Waals surface area contributed by atoms with Gasteiger partial charge in [0.25, 0.3) is 0 Å². The highest BCUT2D eigenvalue weighted by Gasteiger charge is 2.26. The third-order valence-corrected chi connectivity index (χ3v) is 5.93. The van der Waals surface area contributed by atoms with Crippen LogP contribution in [0.15, 0.2) is 30.3 Å². The van der Waals surface area contributed by atoms with Gasteiger partial charge in [-0.1, -0.05) is 30.3 Å². The van der Waals surface area contributed by atoms with Crippen LogP contribution in [0.3, 0.4) is 0 Å². The number of hydrogen-bond donors (Lipinski definition) is 1. The maximum absolute atomic E-state index is 12.3. The molecule has 1 aromatic rings. The molecule has 1 aromatic carbocycles. The van der Waals surface area contributed by atoms with Crippen molar-refractivity contribution < 1.29 is 4.79 Å². The molecule has 1 N–H and O–H groups in total. The molecule has 23 heavy (non-hydrogen) atoms. The van der Waals surface area contributed by atoms with Gasteiger partial charge in [-0.25, -0.2) is 4.79 Å². The molecule has 2 aliphatic heterocycles. The predicted octanol–water partition coefficient (Wildman–Crippen LogP) is 2.97. The lowest BCUT2D eigenvalue weighted by molar-refractivity contribution is 0.147. The molecule has 1 atom stereocenters. The molecule has 4 nitrogen and oxygen atoms in total. The number of carbonyl (C=O) groups is 1. The van der Waals surface area contributed by atoms with Gasteiger partial charge in [-0.2, -0.15) is 11.8 Å².